The van der Waals surface area contributed by atoms with Crippen LogP contribution in [0.25, 0.3) is 0 Å². The van der Waals surface area contributed by atoms with E-state index in [2.05, 4.69) is 21.2 Å². The smallest absolute Gasteiger partial charge is 0.331 e. The minimum Gasteiger partial charge on any atom is -0.400 e. The molecule has 0 radical (unpaired) electrons. The Morgan fingerprint density at radius 2 is 1.56 bits per heavy atom. The van der Waals surface area contributed by atoms with Crippen molar-refractivity contribution in [2.45, 2.75) is 71.2 Å². The summed E-state index contributed by atoms with van der Waals surface area (Å²) in [6.45, 7) is 8.00. The van der Waals surface area contributed by atoms with E-state index in [4.69, 9.17) is 5.11 Å². The fourth-order valence-corrected chi connectivity index (χ4v) is 4.65. The van der Waals surface area contributed by atoms with Crippen molar-refractivity contribution in [3.05, 3.63) is 40.1 Å². The average Bonchev–Trinajstić information content (AvgIpc) is 3.57. The Bertz CT molecular complexity index is 908. The first kappa shape index (κ1) is 27.5. The monoisotopic (exact) mass is 464 g/mol. The molecule has 0 aliphatic heterocycles. The largest absolute Gasteiger partial charge is 0.400 e. The van der Waals surface area contributed by atoms with Gasteiger partial charge >= 0.3 is 6.03 Å². The summed E-state index contributed by atoms with van der Waals surface area (Å²) in [4.78, 5) is 23.3. The molecule has 4 rings (SSSR count). The highest BCUT2D eigenvalue weighted by Gasteiger charge is 2.25. The topological polar surface area (TPSA) is 113 Å². The van der Waals surface area contributed by atoms with Crippen molar-refractivity contribution in [3.63, 3.8) is 0 Å². The number of aliphatic hydroxyl groups is 1. The van der Waals surface area contributed by atoms with E-state index in [-0.39, 0.29) is 5.03 Å². The second kappa shape index (κ2) is 13.8. The van der Waals surface area contributed by atoms with Crippen LogP contribution in [-0.4, -0.2) is 38.5 Å². The van der Waals surface area contributed by atoms with E-state index < -0.39 is 17.0 Å². The standard InChI is InChI=1S/C18H20N4O3S.2C2H6.CH4O/c1-22-13(10-23)9-16(20-22)26(25)21-18(24)19-17-14-6-2-4-11(14)8-12-5-3-7-15(12)17;3*1-2/h8-10H,2-7H2,1H3,(H2,19,21,24);2*1-2H3;2H,1H3. The zero-order valence-electron chi connectivity index (χ0n) is 19.9. The Balaban J connectivity index is 0.000000789. The summed E-state index contributed by atoms with van der Waals surface area (Å²) >= 11 is 0. The molecule has 0 fully saturated rings. The van der Waals surface area contributed by atoms with E-state index in [0.717, 1.165) is 51.3 Å². The van der Waals surface area contributed by atoms with E-state index in [1.54, 1.807) is 7.05 Å². The normalized spacial score (nSPS) is 13.6. The molecule has 2 aromatic rings. The van der Waals surface area contributed by atoms with Crippen LogP contribution in [0.3, 0.4) is 0 Å². The van der Waals surface area contributed by atoms with Gasteiger partial charge < -0.3 is 10.4 Å². The molecule has 1 atom stereocenters. The van der Waals surface area contributed by atoms with E-state index in [1.165, 1.54) is 33.0 Å². The van der Waals surface area contributed by atoms with Crippen LogP contribution in [0.1, 0.15) is 73.3 Å². The molecular formula is C23H36N4O4S. The number of fused-ring (bicyclic) bond motifs is 2. The van der Waals surface area contributed by atoms with Gasteiger partial charge in [-0.05, 0) is 60.8 Å². The van der Waals surface area contributed by atoms with Crippen LogP contribution >= 0.6 is 0 Å². The number of urea groups is 1. The number of carbonyl (C=O) groups is 2. The fourth-order valence-electron chi connectivity index (χ4n) is 3.90. The van der Waals surface area contributed by atoms with Gasteiger partial charge in [0.15, 0.2) is 22.3 Å². The van der Waals surface area contributed by atoms with Gasteiger partial charge in [-0.1, -0.05) is 33.8 Å². The van der Waals surface area contributed by atoms with Crippen molar-refractivity contribution in [2.75, 3.05) is 12.4 Å². The van der Waals surface area contributed by atoms with Gasteiger partial charge in [-0.2, -0.15) is 5.10 Å². The lowest BCUT2D eigenvalue weighted by Crippen LogP contribution is -2.31. The summed E-state index contributed by atoms with van der Waals surface area (Å²) in [6, 6.07) is 3.18. The van der Waals surface area contributed by atoms with Crippen LogP contribution in [0.4, 0.5) is 10.5 Å². The number of aliphatic hydroxyl groups excluding tert-OH is 1. The fraction of sp³-hybridized carbons (Fsp3) is 0.522. The SMILES string of the molecule is CC.CC.CO.Cn1nc(S(=O)NC(=O)Nc2c3c(cc4c2CCC4)CCC3)cc1C=O. The molecule has 0 bridgehead atoms. The Hall–Kier alpha value is -2.52. The third kappa shape index (κ3) is 6.26. The van der Waals surface area contributed by atoms with Crippen LogP contribution in [-0.2, 0) is 43.7 Å². The highest BCUT2D eigenvalue weighted by Crippen LogP contribution is 2.38. The summed E-state index contributed by atoms with van der Waals surface area (Å²) in [7, 11) is 0.757. The summed E-state index contributed by atoms with van der Waals surface area (Å²) in [5.41, 5.74) is 6.27. The molecule has 178 valence electrons. The van der Waals surface area contributed by atoms with Gasteiger partial charge in [0.1, 0.15) is 5.69 Å². The number of aldehydes is 1. The van der Waals surface area contributed by atoms with Crippen molar-refractivity contribution in [1.82, 2.24) is 14.5 Å². The molecule has 0 saturated carbocycles. The van der Waals surface area contributed by atoms with Crippen molar-refractivity contribution < 1.29 is 18.9 Å². The van der Waals surface area contributed by atoms with Crippen molar-refractivity contribution in [2.24, 2.45) is 7.05 Å². The van der Waals surface area contributed by atoms with Gasteiger partial charge in [0.25, 0.3) is 0 Å². The Kier molecular flexibility index (Phi) is 11.9. The average molecular weight is 465 g/mol. The van der Waals surface area contributed by atoms with Crippen molar-refractivity contribution in [1.29, 1.82) is 0 Å². The predicted molar refractivity (Wildman–Crippen MR) is 128 cm³/mol. The number of amides is 2. The van der Waals surface area contributed by atoms with E-state index in [1.807, 2.05) is 27.7 Å². The molecular weight excluding hydrogens is 428 g/mol. The summed E-state index contributed by atoms with van der Waals surface area (Å²) < 4.78 is 16.1. The highest BCUT2D eigenvalue weighted by atomic mass is 32.2. The van der Waals surface area contributed by atoms with Gasteiger partial charge in [0.2, 0.25) is 0 Å². The van der Waals surface area contributed by atoms with Gasteiger partial charge in [-0.3, -0.25) is 14.2 Å². The lowest BCUT2D eigenvalue weighted by Gasteiger charge is -2.16. The Morgan fingerprint density at radius 3 is 2.03 bits per heavy atom. The first-order valence-corrected chi connectivity index (χ1v) is 12.3. The minimum absolute atomic E-state index is 0.147. The number of hydrogen-bond donors (Lipinski definition) is 3. The number of nitrogens with one attached hydrogen (secondary N) is 2. The first-order chi connectivity index (χ1) is 15.6. The third-order valence-corrected chi connectivity index (χ3v) is 6.05. The molecule has 1 unspecified atom stereocenters. The molecule has 2 aliphatic carbocycles. The number of aryl methyl sites for hydroxylation is 3. The number of rotatable bonds is 4. The van der Waals surface area contributed by atoms with Crippen LogP contribution in [0, 0.1) is 0 Å². The Morgan fingerprint density at radius 1 is 1.03 bits per heavy atom. The maximum Gasteiger partial charge on any atom is 0.331 e. The number of benzene rings is 1. The number of nitrogens with zero attached hydrogens (tertiary/aromatic N) is 2. The maximum atomic E-state index is 12.4. The minimum atomic E-state index is -1.83. The van der Waals surface area contributed by atoms with Crippen LogP contribution in [0.15, 0.2) is 17.2 Å². The van der Waals surface area contributed by atoms with Gasteiger partial charge in [0, 0.05) is 25.9 Å². The third-order valence-electron chi connectivity index (χ3n) is 5.10. The lowest BCUT2D eigenvalue weighted by atomic mass is 9.99. The van der Waals surface area contributed by atoms with E-state index in [0.29, 0.717) is 12.0 Å². The number of anilines is 1. The zero-order valence-corrected chi connectivity index (χ0v) is 20.8. The van der Waals surface area contributed by atoms with Gasteiger partial charge in [-0.15, -0.1) is 0 Å². The second-order valence-corrected chi connectivity index (χ2v) is 7.87. The zero-order chi connectivity index (χ0) is 24.3. The quantitative estimate of drug-likeness (QED) is 0.597. The Labute approximate surface area is 193 Å². The molecule has 3 N–H and O–H groups in total. The van der Waals surface area contributed by atoms with Gasteiger partial charge in [0.05, 0.1) is 0 Å². The molecule has 0 spiro atoms. The molecule has 2 aliphatic rings. The summed E-state index contributed by atoms with van der Waals surface area (Å²) in [6.07, 6.45) is 6.85. The number of hydrogen-bond acceptors (Lipinski definition) is 5. The number of carbonyl (C=O) groups excluding carboxylic acids is 2. The molecule has 1 aromatic heterocycles. The molecule has 8 nitrogen and oxygen atoms in total. The van der Waals surface area contributed by atoms with Crippen molar-refractivity contribution in [3.8, 4) is 0 Å². The molecule has 32 heavy (non-hydrogen) atoms. The maximum absolute atomic E-state index is 12.4. The second-order valence-electron chi connectivity index (χ2n) is 6.71. The molecule has 1 heterocycles. The first-order valence-electron chi connectivity index (χ1n) is 11.2. The van der Waals surface area contributed by atoms with Gasteiger partial charge in [-0.25, -0.2) is 9.00 Å². The highest BCUT2D eigenvalue weighted by molar-refractivity contribution is 7.83. The predicted octanol–water partition coefficient (Wildman–Crippen LogP) is 3.72. The molecule has 1 aromatic carbocycles. The molecule has 0 saturated heterocycles. The molecule has 2 amide bonds. The van der Waals surface area contributed by atoms with Crippen LogP contribution < -0.4 is 10.0 Å². The van der Waals surface area contributed by atoms with E-state index >= 15 is 0 Å². The molecule has 9 heteroatoms. The van der Waals surface area contributed by atoms with E-state index in [9.17, 15) is 13.8 Å². The lowest BCUT2D eigenvalue weighted by molar-refractivity contribution is 0.111. The van der Waals surface area contributed by atoms with Crippen molar-refractivity contribution >= 4 is 29.0 Å². The van der Waals surface area contributed by atoms with Crippen LogP contribution in [0.2, 0.25) is 0 Å². The van der Waals surface area contributed by atoms with Crippen LogP contribution in [0.5, 0.6) is 0 Å². The number of aromatic nitrogens is 2. The summed E-state index contributed by atoms with van der Waals surface area (Å²) in [5.74, 6) is 0. The summed E-state index contributed by atoms with van der Waals surface area (Å²) in [5, 5.41) is 14.1.